The van der Waals surface area contributed by atoms with Crippen molar-refractivity contribution in [2.45, 2.75) is 33.1 Å². The number of anilines is 1. The molecule has 2 heterocycles. The van der Waals surface area contributed by atoms with E-state index in [0.29, 0.717) is 17.9 Å². The van der Waals surface area contributed by atoms with Gasteiger partial charge < -0.3 is 10.1 Å². The summed E-state index contributed by atoms with van der Waals surface area (Å²) in [4.78, 5) is 16.8. The van der Waals surface area contributed by atoms with E-state index in [0.717, 1.165) is 35.3 Å². The summed E-state index contributed by atoms with van der Waals surface area (Å²) in [6, 6.07) is 9.09. The summed E-state index contributed by atoms with van der Waals surface area (Å²) < 4.78 is 7.41. The SMILES string of the molecule is CCCCCOc1ccc(C(=O)Nc2cnc3c(c2)c(C)nn3C)cc1. The van der Waals surface area contributed by atoms with E-state index in [9.17, 15) is 4.79 Å². The molecule has 0 bridgehead atoms. The predicted octanol–water partition coefficient (Wildman–Crippen LogP) is 4.10. The van der Waals surface area contributed by atoms with Crippen LogP contribution < -0.4 is 10.1 Å². The number of carbonyl (C=O) groups is 1. The summed E-state index contributed by atoms with van der Waals surface area (Å²) in [5.74, 6) is 0.608. The Kier molecular flexibility index (Phi) is 5.51. The fourth-order valence-corrected chi connectivity index (χ4v) is 2.82. The van der Waals surface area contributed by atoms with Crippen molar-refractivity contribution in [2.75, 3.05) is 11.9 Å². The zero-order valence-electron chi connectivity index (χ0n) is 15.5. The van der Waals surface area contributed by atoms with Gasteiger partial charge in [0.05, 0.1) is 24.2 Å². The fourth-order valence-electron chi connectivity index (χ4n) is 2.82. The molecule has 0 fully saturated rings. The molecule has 1 amide bonds. The first-order valence-electron chi connectivity index (χ1n) is 8.92. The highest BCUT2D eigenvalue weighted by molar-refractivity contribution is 6.04. The van der Waals surface area contributed by atoms with E-state index in [2.05, 4.69) is 22.3 Å². The first-order valence-corrected chi connectivity index (χ1v) is 8.92. The molecule has 3 rings (SSSR count). The summed E-state index contributed by atoms with van der Waals surface area (Å²) in [5.41, 5.74) is 2.91. The summed E-state index contributed by atoms with van der Waals surface area (Å²) >= 11 is 0. The van der Waals surface area contributed by atoms with Gasteiger partial charge in [-0.2, -0.15) is 5.10 Å². The standard InChI is InChI=1S/C20H24N4O2/c1-4-5-6-11-26-17-9-7-15(8-10-17)20(25)22-16-12-18-14(2)23-24(3)19(18)21-13-16/h7-10,12-13H,4-6,11H2,1-3H3,(H,22,25). The smallest absolute Gasteiger partial charge is 0.255 e. The van der Waals surface area contributed by atoms with Crippen molar-refractivity contribution in [2.24, 2.45) is 7.05 Å². The van der Waals surface area contributed by atoms with Gasteiger partial charge in [-0.05, 0) is 43.7 Å². The lowest BCUT2D eigenvalue weighted by Gasteiger charge is -2.08. The van der Waals surface area contributed by atoms with Crippen LogP contribution in [0.3, 0.4) is 0 Å². The zero-order chi connectivity index (χ0) is 18.5. The number of pyridine rings is 1. The summed E-state index contributed by atoms with van der Waals surface area (Å²) in [7, 11) is 1.85. The molecule has 26 heavy (non-hydrogen) atoms. The highest BCUT2D eigenvalue weighted by Gasteiger charge is 2.10. The Balaban J connectivity index is 1.65. The van der Waals surface area contributed by atoms with Gasteiger partial charge in [0.25, 0.3) is 5.91 Å². The van der Waals surface area contributed by atoms with Crippen LogP contribution in [0.1, 0.15) is 42.2 Å². The van der Waals surface area contributed by atoms with E-state index in [1.807, 2.05) is 32.2 Å². The maximum absolute atomic E-state index is 12.5. The second kappa shape index (κ2) is 7.99. The number of benzene rings is 1. The lowest BCUT2D eigenvalue weighted by molar-refractivity contribution is 0.102. The molecule has 0 aliphatic carbocycles. The first-order chi connectivity index (χ1) is 12.6. The highest BCUT2D eigenvalue weighted by atomic mass is 16.5. The van der Waals surface area contributed by atoms with Gasteiger partial charge in [-0.1, -0.05) is 19.8 Å². The Hall–Kier alpha value is -2.89. The van der Waals surface area contributed by atoms with E-state index in [1.54, 1.807) is 23.0 Å². The molecule has 6 heteroatoms. The second-order valence-electron chi connectivity index (χ2n) is 6.34. The number of hydrogen-bond acceptors (Lipinski definition) is 4. The minimum Gasteiger partial charge on any atom is -0.494 e. The monoisotopic (exact) mass is 352 g/mol. The van der Waals surface area contributed by atoms with Crippen molar-refractivity contribution in [1.82, 2.24) is 14.8 Å². The average molecular weight is 352 g/mol. The van der Waals surface area contributed by atoms with Crippen molar-refractivity contribution in [1.29, 1.82) is 0 Å². The number of carbonyl (C=O) groups excluding carboxylic acids is 1. The largest absolute Gasteiger partial charge is 0.494 e. The third kappa shape index (κ3) is 4.02. The van der Waals surface area contributed by atoms with Crippen LogP contribution in [0, 0.1) is 6.92 Å². The Morgan fingerprint density at radius 3 is 2.73 bits per heavy atom. The number of nitrogens with zero attached hydrogens (tertiary/aromatic N) is 3. The third-order valence-corrected chi connectivity index (χ3v) is 4.25. The average Bonchev–Trinajstić information content (AvgIpc) is 2.93. The van der Waals surface area contributed by atoms with Gasteiger partial charge in [-0.25, -0.2) is 4.98 Å². The number of fused-ring (bicyclic) bond motifs is 1. The number of aromatic nitrogens is 3. The highest BCUT2D eigenvalue weighted by Crippen LogP contribution is 2.20. The molecule has 0 atom stereocenters. The molecule has 1 aromatic carbocycles. The van der Waals surface area contributed by atoms with Crippen molar-refractivity contribution in [3.63, 3.8) is 0 Å². The molecule has 3 aromatic rings. The molecule has 0 aliphatic heterocycles. The molecule has 136 valence electrons. The van der Waals surface area contributed by atoms with Crippen molar-refractivity contribution >= 4 is 22.6 Å². The van der Waals surface area contributed by atoms with Crippen LogP contribution >= 0.6 is 0 Å². The second-order valence-corrected chi connectivity index (χ2v) is 6.34. The lowest BCUT2D eigenvalue weighted by atomic mass is 10.2. The Bertz CT molecular complexity index is 900. The van der Waals surface area contributed by atoms with Crippen molar-refractivity contribution in [3.8, 4) is 5.75 Å². The first kappa shape index (κ1) is 17.9. The molecular weight excluding hydrogens is 328 g/mol. The zero-order valence-corrected chi connectivity index (χ0v) is 15.5. The quantitative estimate of drug-likeness (QED) is 0.650. The molecule has 0 saturated heterocycles. The molecular formula is C20H24N4O2. The van der Waals surface area contributed by atoms with Gasteiger partial charge in [0.2, 0.25) is 0 Å². The Labute approximate surface area is 153 Å². The van der Waals surface area contributed by atoms with Gasteiger partial charge in [0.15, 0.2) is 5.65 Å². The molecule has 0 unspecified atom stereocenters. The molecule has 0 radical (unpaired) electrons. The molecule has 1 N–H and O–H groups in total. The van der Waals surface area contributed by atoms with Gasteiger partial charge in [0, 0.05) is 18.0 Å². The van der Waals surface area contributed by atoms with E-state index in [1.165, 1.54) is 6.42 Å². The molecule has 6 nitrogen and oxygen atoms in total. The number of unbranched alkanes of at least 4 members (excludes halogenated alkanes) is 2. The molecule has 0 aliphatic rings. The number of nitrogens with one attached hydrogen (secondary N) is 1. The minimum atomic E-state index is -0.176. The third-order valence-electron chi connectivity index (χ3n) is 4.25. The number of ether oxygens (including phenoxy) is 1. The van der Waals surface area contributed by atoms with Crippen molar-refractivity contribution < 1.29 is 9.53 Å². The van der Waals surface area contributed by atoms with Gasteiger partial charge in [-0.3, -0.25) is 9.48 Å². The van der Waals surface area contributed by atoms with Crippen LogP contribution in [0.5, 0.6) is 5.75 Å². The van der Waals surface area contributed by atoms with Crippen LogP contribution in [-0.4, -0.2) is 27.3 Å². The van der Waals surface area contributed by atoms with Gasteiger partial charge in [0.1, 0.15) is 5.75 Å². The minimum absolute atomic E-state index is 0.176. The van der Waals surface area contributed by atoms with Gasteiger partial charge in [-0.15, -0.1) is 0 Å². The maximum Gasteiger partial charge on any atom is 0.255 e. The summed E-state index contributed by atoms with van der Waals surface area (Å²) in [6.07, 6.45) is 5.02. The number of hydrogen-bond donors (Lipinski definition) is 1. The molecule has 2 aromatic heterocycles. The topological polar surface area (TPSA) is 69.0 Å². The Morgan fingerprint density at radius 2 is 2.00 bits per heavy atom. The summed E-state index contributed by atoms with van der Waals surface area (Å²) in [6.45, 7) is 4.79. The number of aryl methyl sites for hydroxylation is 2. The van der Waals surface area contributed by atoms with E-state index >= 15 is 0 Å². The Morgan fingerprint density at radius 1 is 1.23 bits per heavy atom. The number of amides is 1. The maximum atomic E-state index is 12.5. The molecule has 0 spiro atoms. The van der Waals surface area contributed by atoms with E-state index in [-0.39, 0.29) is 5.91 Å². The van der Waals surface area contributed by atoms with E-state index < -0.39 is 0 Å². The van der Waals surface area contributed by atoms with Gasteiger partial charge >= 0.3 is 0 Å². The predicted molar refractivity (Wildman–Crippen MR) is 103 cm³/mol. The normalized spacial score (nSPS) is 10.9. The van der Waals surface area contributed by atoms with Crippen LogP contribution in [-0.2, 0) is 7.05 Å². The van der Waals surface area contributed by atoms with Crippen LogP contribution in [0.2, 0.25) is 0 Å². The summed E-state index contributed by atoms with van der Waals surface area (Å²) in [5, 5.41) is 8.16. The van der Waals surface area contributed by atoms with Crippen molar-refractivity contribution in [3.05, 3.63) is 47.8 Å². The fraction of sp³-hybridized carbons (Fsp3) is 0.350. The number of rotatable bonds is 7. The lowest BCUT2D eigenvalue weighted by Crippen LogP contribution is -2.12. The van der Waals surface area contributed by atoms with E-state index in [4.69, 9.17) is 4.74 Å². The van der Waals surface area contributed by atoms with Crippen LogP contribution in [0.4, 0.5) is 5.69 Å². The van der Waals surface area contributed by atoms with Crippen LogP contribution in [0.25, 0.3) is 11.0 Å². The molecule has 0 saturated carbocycles. The van der Waals surface area contributed by atoms with Crippen LogP contribution in [0.15, 0.2) is 36.5 Å².